The molecule has 3 aromatic rings. The van der Waals surface area contributed by atoms with Crippen molar-refractivity contribution in [1.82, 2.24) is 5.32 Å². The maximum Gasteiger partial charge on any atom is 0.416 e. The highest BCUT2D eigenvalue weighted by Gasteiger charge is 2.30. The van der Waals surface area contributed by atoms with Gasteiger partial charge in [-0.1, -0.05) is 24.3 Å². The average molecular weight is 503 g/mol. The highest BCUT2D eigenvalue weighted by Crippen LogP contribution is 2.39. The Morgan fingerprint density at radius 2 is 1.94 bits per heavy atom. The number of halogens is 3. The molecule has 0 aliphatic carbocycles. The predicted octanol–water partition coefficient (Wildman–Crippen LogP) is 5.78. The van der Waals surface area contributed by atoms with E-state index in [9.17, 15) is 22.8 Å². The molecule has 1 aliphatic rings. The number of carboxylic acids is 1. The van der Waals surface area contributed by atoms with Crippen molar-refractivity contribution >= 4 is 34.4 Å². The van der Waals surface area contributed by atoms with Crippen LogP contribution in [0, 0.1) is 0 Å². The summed E-state index contributed by atoms with van der Waals surface area (Å²) in [6, 6.07) is 10.6. The summed E-state index contributed by atoms with van der Waals surface area (Å²) in [5, 5.41) is 12.4. The van der Waals surface area contributed by atoms with Gasteiger partial charge in [0.05, 0.1) is 35.9 Å². The number of rotatable bonds is 6. The molecule has 1 aromatic heterocycles. The molecule has 35 heavy (non-hydrogen) atoms. The lowest BCUT2D eigenvalue weighted by Crippen LogP contribution is -2.28. The highest BCUT2D eigenvalue weighted by molar-refractivity contribution is 7.16. The summed E-state index contributed by atoms with van der Waals surface area (Å²) in [6.07, 6.45) is -2.62. The summed E-state index contributed by atoms with van der Waals surface area (Å²) in [7, 11) is 0. The molecule has 2 N–H and O–H groups in total. The Balaban J connectivity index is 1.61. The Morgan fingerprint density at radius 1 is 1.20 bits per heavy atom. The third-order valence-corrected chi connectivity index (χ3v) is 6.69. The third-order valence-electron chi connectivity index (χ3n) is 5.58. The van der Waals surface area contributed by atoms with Crippen LogP contribution in [0.2, 0.25) is 0 Å². The first-order chi connectivity index (χ1) is 16.6. The van der Waals surface area contributed by atoms with Crippen molar-refractivity contribution in [1.29, 1.82) is 0 Å². The lowest BCUT2D eigenvalue weighted by molar-refractivity contribution is -0.137. The number of benzene rings is 2. The van der Waals surface area contributed by atoms with E-state index in [1.165, 1.54) is 41.8 Å². The van der Waals surface area contributed by atoms with Gasteiger partial charge < -0.3 is 15.2 Å². The van der Waals surface area contributed by atoms with E-state index in [0.29, 0.717) is 30.2 Å². The molecule has 2 heterocycles. The van der Waals surface area contributed by atoms with Gasteiger partial charge >= 0.3 is 12.1 Å². The topological polar surface area (TPSA) is 88.0 Å². The SMILES string of the molecule is C[C@H](NC(=O)c1c(N=Cc2cccc(C(F)(F)F)c2)sc2c1CCOC2)c1ccc(C(=O)O)cc1. The first-order valence-electron chi connectivity index (χ1n) is 10.7. The normalized spacial score (nSPS) is 14.5. The van der Waals surface area contributed by atoms with Crippen LogP contribution in [-0.2, 0) is 23.9 Å². The zero-order valence-electron chi connectivity index (χ0n) is 18.6. The Hall–Kier alpha value is -3.50. The quantitative estimate of drug-likeness (QED) is 0.419. The van der Waals surface area contributed by atoms with Gasteiger partial charge in [0, 0.05) is 11.1 Å². The zero-order chi connectivity index (χ0) is 25.2. The number of amides is 1. The van der Waals surface area contributed by atoms with Gasteiger partial charge in [0.2, 0.25) is 0 Å². The largest absolute Gasteiger partial charge is 0.478 e. The van der Waals surface area contributed by atoms with Gasteiger partial charge in [0.15, 0.2) is 0 Å². The molecule has 1 amide bonds. The Morgan fingerprint density at radius 3 is 2.63 bits per heavy atom. The van der Waals surface area contributed by atoms with Crippen LogP contribution in [0.3, 0.4) is 0 Å². The summed E-state index contributed by atoms with van der Waals surface area (Å²) in [4.78, 5) is 29.6. The minimum atomic E-state index is -4.47. The molecule has 0 saturated heterocycles. The van der Waals surface area contributed by atoms with Gasteiger partial charge in [-0.3, -0.25) is 4.79 Å². The van der Waals surface area contributed by atoms with Crippen LogP contribution in [-0.4, -0.2) is 29.8 Å². The molecule has 4 rings (SSSR count). The molecule has 0 bridgehead atoms. The van der Waals surface area contributed by atoms with E-state index in [2.05, 4.69) is 10.3 Å². The first kappa shape index (κ1) is 24.6. The van der Waals surface area contributed by atoms with Crippen LogP contribution in [0.1, 0.15) is 60.8 Å². The molecule has 182 valence electrons. The highest BCUT2D eigenvalue weighted by atomic mass is 32.1. The van der Waals surface area contributed by atoms with Gasteiger partial charge in [-0.15, -0.1) is 11.3 Å². The van der Waals surface area contributed by atoms with Gasteiger partial charge in [-0.2, -0.15) is 13.2 Å². The second kappa shape index (κ2) is 10.0. The van der Waals surface area contributed by atoms with Crippen LogP contribution < -0.4 is 5.32 Å². The predicted molar refractivity (Wildman–Crippen MR) is 126 cm³/mol. The minimum Gasteiger partial charge on any atom is -0.478 e. The van der Waals surface area contributed by atoms with Gasteiger partial charge in [-0.05, 0) is 54.3 Å². The van der Waals surface area contributed by atoms with Crippen molar-refractivity contribution in [3.05, 3.63) is 86.8 Å². The van der Waals surface area contributed by atoms with E-state index in [-0.39, 0.29) is 17.0 Å². The molecule has 0 unspecified atom stereocenters. The number of hydrogen-bond acceptors (Lipinski definition) is 5. The standard InChI is InChI=1S/C25H21F3N2O4S/c1-14(16-5-7-17(8-6-16)24(32)33)30-22(31)21-19-9-10-34-13-20(19)35-23(21)29-12-15-3-2-4-18(11-15)25(26,27)28/h2-8,11-12,14H,9-10,13H2,1H3,(H,30,31)(H,32,33)/t14-/m0/s1. The molecule has 10 heteroatoms. The molecule has 1 atom stereocenters. The second-order valence-corrected chi connectivity index (χ2v) is 9.07. The van der Waals surface area contributed by atoms with E-state index < -0.39 is 23.8 Å². The number of ether oxygens (including phenoxy) is 1. The summed E-state index contributed by atoms with van der Waals surface area (Å²) < 4.78 is 44.6. The number of aliphatic imine (C=N–C) groups is 1. The number of aromatic carboxylic acids is 1. The number of carbonyl (C=O) groups is 2. The first-order valence-corrected chi connectivity index (χ1v) is 11.5. The molecular weight excluding hydrogens is 481 g/mol. The number of thiophene rings is 1. The number of fused-ring (bicyclic) bond motifs is 1. The molecule has 0 fully saturated rings. The third kappa shape index (κ3) is 5.60. The molecular formula is C25H21F3N2O4S. The van der Waals surface area contributed by atoms with Crippen LogP contribution >= 0.6 is 11.3 Å². The van der Waals surface area contributed by atoms with E-state index in [4.69, 9.17) is 9.84 Å². The summed E-state index contributed by atoms with van der Waals surface area (Å²) in [5.41, 5.74) is 1.56. The fourth-order valence-corrected chi connectivity index (χ4v) is 4.86. The van der Waals surface area contributed by atoms with Gasteiger partial charge in [0.25, 0.3) is 5.91 Å². The van der Waals surface area contributed by atoms with Gasteiger partial charge in [0.1, 0.15) is 5.00 Å². The summed E-state index contributed by atoms with van der Waals surface area (Å²) >= 11 is 1.28. The summed E-state index contributed by atoms with van der Waals surface area (Å²) in [6.45, 7) is 2.57. The van der Waals surface area contributed by atoms with E-state index in [1.54, 1.807) is 19.1 Å². The smallest absolute Gasteiger partial charge is 0.416 e. The zero-order valence-corrected chi connectivity index (χ0v) is 19.4. The van der Waals surface area contributed by atoms with Crippen molar-refractivity contribution in [2.75, 3.05) is 6.61 Å². The molecule has 6 nitrogen and oxygen atoms in total. The van der Waals surface area contributed by atoms with Crippen molar-refractivity contribution in [3.8, 4) is 0 Å². The monoisotopic (exact) mass is 502 g/mol. The lowest BCUT2D eigenvalue weighted by atomic mass is 10.0. The number of alkyl halides is 3. The average Bonchev–Trinajstić information content (AvgIpc) is 3.21. The second-order valence-electron chi connectivity index (χ2n) is 7.99. The van der Waals surface area contributed by atoms with Crippen molar-refractivity contribution in [2.24, 2.45) is 4.99 Å². The van der Waals surface area contributed by atoms with E-state index in [0.717, 1.165) is 28.1 Å². The molecule has 1 aliphatic heterocycles. The minimum absolute atomic E-state index is 0.144. The van der Waals surface area contributed by atoms with Crippen molar-refractivity contribution < 1.29 is 32.6 Å². The number of nitrogens with zero attached hydrogens (tertiary/aromatic N) is 1. The Kier molecular flexibility index (Phi) is 7.04. The van der Waals surface area contributed by atoms with Crippen LogP contribution in [0.5, 0.6) is 0 Å². The van der Waals surface area contributed by atoms with Crippen LogP contribution in [0.25, 0.3) is 0 Å². The van der Waals surface area contributed by atoms with Crippen molar-refractivity contribution in [2.45, 2.75) is 32.2 Å². The fourth-order valence-electron chi connectivity index (χ4n) is 3.74. The lowest BCUT2D eigenvalue weighted by Gasteiger charge is -2.17. The number of nitrogens with one attached hydrogen (secondary N) is 1. The van der Waals surface area contributed by atoms with Crippen molar-refractivity contribution in [3.63, 3.8) is 0 Å². The summed E-state index contributed by atoms with van der Waals surface area (Å²) in [5.74, 6) is -1.40. The fraction of sp³-hybridized carbons (Fsp3) is 0.240. The van der Waals surface area contributed by atoms with Crippen LogP contribution in [0.4, 0.5) is 18.2 Å². The van der Waals surface area contributed by atoms with Crippen LogP contribution in [0.15, 0.2) is 53.5 Å². The molecule has 2 aromatic carbocycles. The van der Waals surface area contributed by atoms with E-state index in [1.807, 2.05) is 0 Å². The Bertz CT molecular complexity index is 1280. The van der Waals surface area contributed by atoms with E-state index >= 15 is 0 Å². The molecule has 0 radical (unpaired) electrons. The maximum atomic E-state index is 13.3. The number of carboxylic acid groups (broad SMARTS) is 1. The number of carbonyl (C=O) groups excluding carboxylic acids is 1. The number of hydrogen-bond donors (Lipinski definition) is 2. The molecule has 0 spiro atoms. The maximum absolute atomic E-state index is 13.3. The Labute approximate surface area is 203 Å². The molecule has 0 saturated carbocycles. The van der Waals surface area contributed by atoms with Gasteiger partial charge in [-0.25, -0.2) is 9.79 Å².